The van der Waals surface area contributed by atoms with Crippen LogP contribution in [-0.4, -0.2) is 48.1 Å². The molecule has 0 aromatic heterocycles. The van der Waals surface area contributed by atoms with Crippen molar-refractivity contribution in [3.63, 3.8) is 0 Å². The Morgan fingerprint density at radius 1 is 1.40 bits per heavy atom. The highest BCUT2D eigenvalue weighted by Gasteiger charge is 2.25. The van der Waals surface area contributed by atoms with Crippen LogP contribution in [0.1, 0.15) is 33.6 Å². The van der Waals surface area contributed by atoms with Crippen molar-refractivity contribution in [1.82, 2.24) is 10.2 Å². The molecule has 90 valence electrons. The lowest BCUT2D eigenvalue weighted by atomic mass is 10.0. The van der Waals surface area contributed by atoms with E-state index in [9.17, 15) is 0 Å². The first-order valence-electron chi connectivity index (χ1n) is 5.96. The van der Waals surface area contributed by atoms with Crippen LogP contribution in [0.4, 0.5) is 0 Å². The molecule has 0 aromatic carbocycles. The van der Waals surface area contributed by atoms with E-state index in [1.807, 2.05) is 0 Å². The molecule has 1 heterocycles. The summed E-state index contributed by atoms with van der Waals surface area (Å²) in [4.78, 5) is 2.29. The molecule has 0 radical (unpaired) electrons. The Kier molecular flexibility index (Phi) is 4.94. The van der Waals surface area contributed by atoms with Gasteiger partial charge in [-0.2, -0.15) is 11.8 Å². The van der Waals surface area contributed by atoms with Crippen LogP contribution >= 0.6 is 11.8 Å². The SMILES string of the molecule is CC1SCCCC1NCC(C)(C)N(C)C. The maximum atomic E-state index is 3.73. The van der Waals surface area contributed by atoms with E-state index in [-0.39, 0.29) is 5.54 Å². The van der Waals surface area contributed by atoms with Gasteiger partial charge in [0.25, 0.3) is 0 Å². The monoisotopic (exact) mass is 230 g/mol. The molecule has 1 saturated heterocycles. The Bertz CT molecular complexity index is 192. The fourth-order valence-electron chi connectivity index (χ4n) is 1.73. The maximum Gasteiger partial charge on any atom is 0.0271 e. The van der Waals surface area contributed by atoms with E-state index in [2.05, 4.69) is 56.8 Å². The number of rotatable bonds is 4. The van der Waals surface area contributed by atoms with E-state index < -0.39 is 0 Å². The minimum absolute atomic E-state index is 0.252. The zero-order chi connectivity index (χ0) is 11.5. The van der Waals surface area contributed by atoms with Gasteiger partial charge in [-0.1, -0.05) is 6.92 Å². The predicted octanol–water partition coefficient (Wildman–Crippen LogP) is 2.20. The molecule has 1 rings (SSSR count). The minimum atomic E-state index is 0.252. The molecule has 2 atom stereocenters. The van der Waals surface area contributed by atoms with Gasteiger partial charge in [0.2, 0.25) is 0 Å². The van der Waals surface area contributed by atoms with Crippen molar-refractivity contribution >= 4 is 11.8 Å². The molecule has 1 aliphatic rings. The lowest BCUT2D eigenvalue weighted by molar-refractivity contribution is 0.182. The average Bonchev–Trinajstić information content (AvgIpc) is 2.16. The number of likely N-dealkylation sites (N-methyl/N-ethyl adjacent to an activating group) is 1. The molecule has 0 aromatic rings. The summed E-state index contributed by atoms with van der Waals surface area (Å²) >= 11 is 2.11. The molecule has 2 nitrogen and oxygen atoms in total. The first-order chi connectivity index (χ1) is 6.93. The van der Waals surface area contributed by atoms with Gasteiger partial charge in [-0.3, -0.25) is 0 Å². The number of thioether (sulfide) groups is 1. The van der Waals surface area contributed by atoms with Crippen LogP contribution in [-0.2, 0) is 0 Å². The van der Waals surface area contributed by atoms with E-state index in [1.165, 1.54) is 18.6 Å². The second kappa shape index (κ2) is 5.55. The van der Waals surface area contributed by atoms with E-state index in [4.69, 9.17) is 0 Å². The number of hydrogen-bond donors (Lipinski definition) is 1. The number of nitrogens with zero attached hydrogens (tertiary/aromatic N) is 1. The van der Waals surface area contributed by atoms with Crippen molar-refractivity contribution in [3.8, 4) is 0 Å². The molecule has 0 saturated carbocycles. The minimum Gasteiger partial charge on any atom is -0.311 e. The Morgan fingerprint density at radius 2 is 2.07 bits per heavy atom. The van der Waals surface area contributed by atoms with Crippen molar-refractivity contribution in [1.29, 1.82) is 0 Å². The standard InChI is InChI=1S/C12H26N2S/c1-10-11(7-6-8-15-10)13-9-12(2,3)14(4)5/h10-11,13H,6-9H2,1-5H3. The van der Waals surface area contributed by atoms with Gasteiger partial charge in [0, 0.05) is 23.4 Å². The van der Waals surface area contributed by atoms with Crippen LogP contribution in [0.5, 0.6) is 0 Å². The molecular formula is C12H26N2S. The van der Waals surface area contributed by atoms with Crippen molar-refractivity contribution in [2.45, 2.75) is 50.4 Å². The molecule has 3 heteroatoms. The molecule has 0 bridgehead atoms. The van der Waals surface area contributed by atoms with Crippen molar-refractivity contribution in [2.75, 3.05) is 26.4 Å². The van der Waals surface area contributed by atoms with Crippen LogP contribution in [0.2, 0.25) is 0 Å². The fraction of sp³-hybridized carbons (Fsp3) is 1.00. The molecular weight excluding hydrogens is 204 g/mol. The Labute approximate surface area is 99.2 Å². The topological polar surface area (TPSA) is 15.3 Å². The lowest BCUT2D eigenvalue weighted by Crippen LogP contribution is -2.51. The van der Waals surface area contributed by atoms with E-state index in [0.717, 1.165) is 11.8 Å². The summed E-state index contributed by atoms with van der Waals surface area (Å²) in [5.74, 6) is 1.34. The zero-order valence-electron chi connectivity index (χ0n) is 10.8. The third kappa shape index (κ3) is 3.97. The second-order valence-electron chi connectivity index (χ2n) is 5.41. The highest BCUT2D eigenvalue weighted by molar-refractivity contribution is 7.99. The Balaban J connectivity index is 2.35. The van der Waals surface area contributed by atoms with Crippen LogP contribution in [0.25, 0.3) is 0 Å². The zero-order valence-corrected chi connectivity index (χ0v) is 11.7. The van der Waals surface area contributed by atoms with E-state index in [1.54, 1.807) is 0 Å². The van der Waals surface area contributed by atoms with Crippen LogP contribution < -0.4 is 5.32 Å². The Morgan fingerprint density at radius 3 is 2.60 bits per heavy atom. The molecule has 1 N–H and O–H groups in total. The third-order valence-corrected chi connectivity index (χ3v) is 4.99. The van der Waals surface area contributed by atoms with Crippen molar-refractivity contribution < 1.29 is 0 Å². The van der Waals surface area contributed by atoms with E-state index >= 15 is 0 Å². The maximum absolute atomic E-state index is 3.73. The normalized spacial score (nSPS) is 28.4. The van der Waals surface area contributed by atoms with Crippen molar-refractivity contribution in [3.05, 3.63) is 0 Å². The second-order valence-corrected chi connectivity index (χ2v) is 6.90. The van der Waals surface area contributed by atoms with Gasteiger partial charge < -0.3 is 10.2 Å². The van der Waals surface area contributed by atoms with Crippen molar-refractivity contribution in [2.24, 2.45) is 0 Å². The van der Waals surface area contributed by atoms with Crippen LogP contribution in [0.15, 0.2) is 0 Å². The summed E-state index contributed by atoms with van der Waals surface area (Å²) in [7, 11) is 4.31. The molecule has 15 heavy (non-hydrogen) atoms. The molecule has 2 unspecified atom stereocenters. The largest absolute Gasteiger partial charge is 0.311 e. The van der Waals surface area contributed by atoms with Gasteiger partial charge in [-0.25, -0.2) is 0 Å². The summed E-state index contributed by atoms with van der Waals surface area (Å²) < 4.78 is 0. The van der Waals surface area contributed by atoms with Gasteiger partial charge in [-0.15, -0.1) is 0 Å². The number of nitrogens with one attached hydrogen (secondary N) is 1. The summed E-state index contributed by atoms with van der Waals surface area (Å²) in [5.41, 5.74) is 0.252. The smallest absolute Gasteiger partial charge is 0.0271 e. The molecule has 0 amide bonds. The first-order valence-corrected chi connectivity index (χ1v) is 7.01. The Hall–Kier alpha value is 0.270. The average molecular weight is 230 g/mol. The van der Waals surface area contributed by atoms with Gasteiger partial charge in [0.15, 0.2) is 0 Å². The van der Waals surface area contributed by atoms with Gasteiger partial charge >= 0.3 is 0 Å². The molecule has 1 aliphatic heterocycles. The molecule has 1 fully saturated rings. The summed E-state index contributed by atoms with van der Waals surface area (Å²) in [6.07, 6.45) is 2.72. The molecule has 0 aliphatic carbocycles. The highest BCUT2D eigenvalue weighted by Crippen LogP contribution is 2.25. The van der Waals surface area contributed by atoms with Crippen LogP contribution in [0, 0.1) is 0 Å². The third-order valence-electron chi connectivity index (χ3n) is 3.61. The highest BCUT2D eigenvalue weighted by atomic mass is 32.2. The van der Waals surface area contributed by atoms with E-state index in [0.29, 0.717) is 6.04 Å². The predicted molar refractivity (Wildman–Crippen MR) is 70.7 cm³/mol. The number of hydrogen-bond acceptors (Lipinski definition) is 3. The van der Waals surface area contributed by atoms with Gasteiger partial charge in [0.05, 0.1) is 0 Å². The van der Waals surface area contributed by atoms with Crippen LogP contribution in [0.3, 0.4) is 0 Å². The summed E-state index contributed by atoms with van der Waals surface area (Å²) in [6.45, 7) is 8.01. The quantitative estimate of drug-likeness (QED) is 0.797. The van der Waals surface area contributed by atoms with Gasteiger partial charge in [-0.05, 0) is 46.5 Å². The fourth-order valence-corrected chi connectivity index (χ4v) is 2.90. The van der Waals surface area contributed by atoms with Gasteiger partial charge in [0.1, 0.15) is 0 Å². The molecule has 0 spiro atoms. The first kappa shape index (κ1) is 13.3. The summed E-state index contributed by atoms with van der Waals surface area (Å²) in [6, 6.07) is 0.711. The summed E-state index contributed by atoms with van der Waals surface area (Å²) in [5, 5.41) is 4.51. The lowest BCUT2D eigenvalue weighted by Gasteiger charge is -2.37.